The summed E-state index contributed by atoms with van der Waals surface area (Å²) in [6.07, 6.45) is -0.0724. The number of hydrogen-bond donors (Lipinski definition) is 1. The number of methoxy groups -OCH3 is 1. The van der Waals surface area contributed by atoms with Crippen LogP contribution in [0.4, 0.5) is 8.78 Å². The van der Waals surface area contributed by atoms with E-state index in [-0.39, 0.29) is 6.04 Å². The van der Waals surface area contributed by atoms with E-state index in [0.717, 1.165) is 11.6 Å². The van der Waals surface area contributed by atoms with Crippen LogP contribution in [0.3, 0.4) is 0 Å². The smallest absolute Gasteiger partial charge is 0.159 e. The monoisotopic (exact) mass is 344 g/mol. The summed E-state index contributed by atoms with van der Waals surface area (Å²) in [4.78, 5) is 2.01. The van der Waals surface area contributed by atoms with E-state index in [9.17, 15) is 13.9 Å². The summed E-state index contributed by atoms with van der Waals surface area (Å²) >= 11 is 0. The Labute approximate surface area is 144 Å². The first-order chi connectivity index (χ1) is 12.0. The highest BCUT2D eigenvalue weighted by molar-refractivity contribution is 5.45. The lowest BCUT2D eigenvalue weighted by atomic mass is 10.0. The molecule has 0 amide bonds. The number of aliphatic hydroxyl groups is 1. The number of aliphatic hydroxyl groups excluding tert-OH is 1. The van der Waals surface area contributed by atoms with Crippen molar-refractivity contribution in [3.63, 3.8) is 0 Å². The van der Waals surface area contributed by atoms with Gasteiger partial charge in [0.05, 0.1) is 18.8 Å². The van der Waals surface area contributed by atoms with Gasteiger partial charge >= 0.3 is 0 Å². The molecule has 1 aliphatic rings. The second-order valence-corrected chi connectivity index (χ2v) is 6.15. The minimum absolute atomic E-state index is 0.202. The molecule has 1 aliphatic heterocycles. The van der Waals surface area contributed by atoms with Crippen LogP contribution in [0, 0.1) is 23.0 Å². The van der Waals surface area contributed by atoms with Gasteiger partial charge in [-0.15, -0.1) is 0 Å². The number of likely N-dealkylation sites (tertiary alicyclic amines) is 1. The Morgan fingerprint density at radius 3 is 2.72 bits per heavy atom. The van der Waals surface area contributed by atoms with Crippen LogP contribution in [0.15, 0.2) is 36.4 Å². The molecule has 0 bridgehead atoms. The fourth-order valence-electron chi connectivity index (χ4n) is 3.28. The maximum absolute atomic E-state index is 13.6. The van der Waals surface area contributed by atoms with Crippen LogP contribution in [0.2, 0.25) is 0 Å². The van der Waals surface area contributed by atoms with Crippen molar-refractivity contribution < 1.29 is 18.6 Å². The summed E-state index contributed by atoms with van der Waals surface area (Å²) < 4.78 is 32.0. The molecule has 2 aromatic carbocycles. The fourth-order valence-corrected chi connectivity index (χ4v) is 3.28. The Bertz CT molecular complexity index is 820. The van der Waals surface area contributed by atoms with E-state index in [4.69, 9.17) is 10.00 Å². The molecule has 3 rings (SSSR count). The van der Waals surface area contributed by atoms with Crippen LogP contribution < -0.4 is 4.74 Å². The molecule has 1 saturated heterocycles. The van der Waals surface area contributed by atoms with Gasteiger partial charge in [0.15, 0.2) is 11.6 Å². The lowest BCUT2D eigenvalue weighted by Crippen LogP contribution is -2.24. The number of ether oxygens (including phenoxy) is 1. The Kier molecular flexibility index (Phi) is 4.98. The number of hydrogen-bond acceptors (Lipinski definition) is 4. The molecular formula is C19H18F2N2O2. The van der Waals surface area contributed by atoms with Gasteiger partial charge in [-0.05, 0) is 41.8 Å². The highest BCUT2D eigenvalue weighted by atomic mass is 19.2. The number of halogens is 2. The van der Waals surface area contributed by atoms with Gasteiger partial charge in [0.1, 0.15) is 11.8 Å². The van der Waals surface area contributed by atoms with Crippen molar-refractivity contribution in [3.05, 3.63) is 64.7 Å². The SMILES string of the molecule is COc1cc(CN2C[C@@H](O)C[C@@H]2c2ccc(F)c(F)c2)ccc1C#N. The Morgan fingerprint density at radius 2 is 2.04 bits per heavy atom. The van der Waals surface area contributed by atoms with E-state index in [2.05, 4.69) is 6.07 Å². The van der Waals surface area contributed by atoms with Crippen LogP contribution >= 0.6 is 0 Å². The minimum atomic E-state index is -0.890. The van der Waals surface area contributed by atoms with Gasteiger partial charge in [-0.3, -0.25) is 4.90 Å². The van der Waals surface area contributed by atoms with Crippen molar-refractivity contribution in [2.24, 2.45) is 0 Å². The third kappa shape index (κ3) is 3.63. The molecule has 25 heavy (non-hydrogen) atoms. The van der Waals surface area contributed by atoms with Gasteiger partial charge in [-0.25, -0.2) is 8.78 Å². The van der Waals surface area contributed by atoms with Crippen LogP contribution in [-0.4, -0.2) is 29.8 Å². The third-order valence-corrected chi connectivity index (χ3v) is 4.48. The molecule has 0 radical (unpaired) electrons. The number of rotatable bonds is 4. The second-order valence-electron chi connectivity index (χ2n) is 6.15. The molecule has 1 N–H and O–H groups in total. The predicted octanol–water partition coefficient (Wildman–Crippen LogP) is 3.15. The molecule has 2 aromatic rings. The van der Waals surface area contributed by atoms with E-state index in [1.54, 1.807) is 18.2 Å². The molecular weight excluding hydrogens is 326 g/mol. The summed E-state index contributed by atoms with van der Waals surface area (Å²) in [5.74, 6) is -1.28. The minimum Gasteiger partial charge on any atom is -0.495 e. The van der Waals surface area contributed by atoms with Crippen LogP contribution in [-0.2, 0) is 6.54 Å². The maximum atomic E-state index is 13.6. The topological polar surface area (TPSA) is 56.5 Å². The molecule has 0 unspecified atom stereocenters. The van der Waals surface area contributed by atoms with Crippen LogP contribution in [0.5, 0.6) is 5.75 Å². The zero-order valence-electron chi connectivity index (χ0n) is 13.7. The second kappa shape index (κ2) is 7.18. The highest BCUT2D eigenvalue weighted by Gasteiger charge is 2.32. The van der Waals surface area contributed by atoms with Crippen molar-refractivity contribution >= 4 is 0 Å². The van der Waals surface area contributed by atoms with Gasteiger partial charge in [-0.2, -0.15) is 5.26 Å². The largest absolute Gasteiger partial charge is 0.495 e. The standard InChI is InChI=1S/C19H18F2N2O2/c1-25-19-6-12(2-3-14(19)9-22)10-23-11-15(24)8-18(23)13-4-5-16(20)17(21)7-13/h2-7,15,18,24H,8,10-11H2,1H3/t15-,18+/m0/s1. The van der Waals surface area contributed by atoms with E-state index in [0.29, 0.717) is 36.4 Å². The first-order valence-electron chi connectivity index (χ1n) is 7.96. The number of nitriles is 1. The summed E-state index contributed by atoms with van der Waals surface area (Å²) in [6, 6.07) is 11.0. The highest BCUT2D eigenvalue weighted by Crippen LogP contribution is 2.34. The summed E-state index contributed by atoms with van der Waals surface area (Å²) in [5, 5.41) is 19.1. The van der Waals surface area contributed by atoms with E-state index in [1.165, 1.54) is 13.2 Å². The fraction of sp³-hybridized carbons (Fsp3) is 0.316. The van der Waals surface area contributed by atoms with E-state index in [1.807, 2.05) is 11.0 Å². The van der Waals surface area contributed by atoms with Crippen molar-refractivity contribution in [3.8, 4) is 11.8 Å². The van der Waals surface area contributed by atoms with Crippen LogP contribution in [0.25, 0.3) is 0 Å². The quantitative estimate of drug-likeness (QED) is 0.926. The Hall–Kier alpha value is -2.49. The number of benzene rings is 2. The molecule has 6 heteroatoms. The Morgan fingerprint density at radius 1 is 1.24 bits per heavy atom. The van der Waals surface area contributed by atoms with Gasteiger partial charge in [-0.1, -0.05) is 12.1 Å². The van der Waals surface area contributed by atoms with Gasteiger partial charge < -0.3 is 9.84 Å². The zero-order valence-corrected chi connectivity index (χ0v) is 13.7. The first-order valence-corrected chi connectivity index (χ1v) is 7.96. The van der Waals surface area contributed by atoms with E-state index >= 15 is 0 Å². The summed E-state index contributed by atoms with van der Waals surface area (Å²) in [5.41, 5.74) is 2.00. The van der Waals surface area contributed by atoms with Crippen LogP contribution in [0.1, 0.15) is 29.2 Å². The normalized spacial score (nSPS) is 20.4. The molecule has 0 aromatic heterocycles. The first kappa shape index (κ1) is 17.3. The van der Waals surface area contributed by atoms with Crippen molar-refractivity contribution in [2.75, 3.05) is 13.7 Å². The van der Waals surface area contributed by atoms with Crippen molar-refractivity contribution in [1.29, 1.82) is 5.26 Å². The number of nitrogens with zero attached hydrogens (tertiary/aromatic N) is 2. The lowest BCUT2D eigenvalue weighted by Gasteiger charge is -2.25. The average molecular weight is 344 g/mol. The molecule has 0 aliphatic carbocycles. The molecule has 1 heterocycles. The molecule has 2 atom stereocenters. The van der Waals surface area contributed by atoms with Crippen molar-refractivity contribution in [2.45, 2.75) is 25.1 Å². The molecule has 4 nitrogen and oxygen atoms in total. The number of β-amino-alcohol motifs (C(OH)–C–C–N with tert-alkyl or cyclic N) is 1. The summed E-state index contributed by atoms with van der Waals surface area (Å²) in [7, 11) is 1.50. The van der Waals surface area contributed by atoms with Crippen molar-refractivity contribution in [1.82, 2.24) is 4.90 Å². The molecule has 0 spiro atoms. The maximum Gasteiger partial charge on any atom is 0.159 e. The van der Waals surface area contributed by atoms with E-state index < -0.39 is 17.7 Å². The zero-order chi connectivity index (χ0) is 18.0. The lowest BCUT2D eigenvalue weighted by molar-refractivity contribution is 0.172. The Balaban J connectivity index is 1.85. The van der Waals surface area contributed by atoms with Gasteiger partial charge in [0.25, 0.3) is 0 Å². The van der Waals surface area contributed by atoms with Gasteiger partial charge in [0, 0.05) is 19.1 Å². The van der Waals surface area contributed by atoms with Gasteiger partial charge in [0.2, 0.25) is 0 Å². The molecule has 1 fully saturated rings. The molecule has 0 saturated carbocycles. The average Bonchev–Trinajstić information content (AvgIpc) is 2.97. The predicted molar refractivity (Wildman–Crippen MR) is 87.8 cm³/mol. The molecule has 130 valence electrons. The third-order valence-electron chi connectivity index (χ3n) is 4.48. The summed E-state index contributed by atoms with van der Waals surface area (Å²) in [6.45, 7) is 0.939.